The van der Waals surface area contributed by atoms with Gasteiger partial charge in [-0.15, -0.1) is 0 Å². The summed E-state index contributed by atoms with van der Waals surface area (Å²) < 4.78 is 5.67. The molecule has 3 saturated heterocycles. The van der Waals surface area contributed by atoms with E-state index < -0.39 is 0 Å². The van der Waals surface area contributed by atoms with Gasteiger partial charge in [-0.2, -0.15) is 0 Å². The second-order valence-corrected chi connectivity index (χ2v) is 8.28. The molecule has 7 heteroatoms. The van der Waals surface area contributed by atoms with E-state index in [0.29, 0.717) is 33.3 Å². The number of nitrogens with zero attached hydrogens (tertiary/aromatic N) is 2. The Morgan fingerprint density at radius 1 is 1.22 bits per heavy atom. The van der Waals surface area contributed by atoms with Crippen LogP contribution in [0.15, 0.2) is 30.5 Å². The van der Waals surface area contributed by atoms with Crippen LogP contribution in [0.2, 0.25) is 0 Å². The van der Waals surface area contributed by atoms with E-state index in [9.17, 15) is 9.59 Å². The second kappa shape index (κ2) is 7.40. The standard InChI is InChI=1S/C20H23N3O3S/c1-12-18(14-7-9-23(12)10-8-14)22-19(25)15-3-5-16(6-4-15)26-20-21-11-17(27-20)13(2)24/h3-6,11-12,14,18H,7-10H2,1-2H3,(H,22,25)/t12-,18+/m1/s1. The van der Waals surface area contributed by atoms with E-state index in [4.69, 9.17) is 4.74 Å². The van der Waals surface area contributed by atoms with Crippen LogP contribution in [0.4, 0.5) is 0 Å². The number of hydrogen-bond acceptors (Lipinski definition) is 6. The fraction of sp³-hybridized carbons (Fsp3) is 0.450. The number of piperidine rings is 3. The number of amides is 1. The lowest BCUT2D eigenvalue weighted by Gasteiger charge is -2.49. The first kappa shape index (κ1) is 18.1. The van der Waals surface area contributed by atoms with Gasteiger partial charge in [0.25, 0.3) is 11.1 Å². The zero-order valence-corrected chi connectivity index (χ0v) is 16.3. The molecule has 2 bridgehead atoms. The van der Waals surface area contributed by atoms with Gasteiger partial charge in [-0.3, -0.25) is 14.5 Å². The zero-order valence-electron chi connectivity index (χ0n) is 15.5. The third-order valence-electron chi connectivity index (χ3n) is 5.63. The fourth-order valence-corrected chi connectivity index (χ4v) is 4.70. The fourth-order valence-electron chi connectivity index (χ4n) is 4.02. The molecule has 3 aliphatic heterocycles. The Morgan fingerprint density at radius 3 is 2.52 bits per heavy atom. The average molecular weight is 385 g/mol. The van der Waals surface area contributed by atoms with Gasteiger partial charge in [0.15, 0.2) is 5.78 Å². The molecule has 1 aromatic heterocycles. The molecule has 0 radical (unpaired) electrons. The number of ketones is 1. The van der Waals surface area contributed by atoms with Crippen molar-refractivity contribution in [3.63, 3.8) is 0 Å². The van der Waals surface area contributed by atoms with Gasteiger partial charge in [-0.25, -0.2) is 4.98 Å². The molecule has 1 amide bonds. The lowest BCUT2D eigenvalue weighted by molar-refractivity contribution is 0.0217. The van der Waals surface area contributed by atoms with Gasteiger partial charge in [0, 0.05) is 24.6 Å². The minimum atomic E-state index is -0.0414. The maximum absolute atomic E-state index is 12.7. The van der Waals surface area contributed by atoms with E-state index in [0.717, 1.165) is 25.9 Å². The van der Waals surface area contributed by atoms with E-state index in [1.165, 1.54) is 24.5 Å². The van der Waals surface area contributed by atoms with Gasteiger partial charge in [-0.05, 0) is 63.0 Å². The summed E-state index contributed by atoms with van der Waals surface area (Å²) >= 11 is 1.21. The molecule has 0 aliphatic carbocycles. The maximum Gasteiger partial charge on any atom is 0.279 e. The molecule has 4 heterocycles. The average Bonchev–Trinajstić information content (AvgIpc) is 3.14. The van der Waals surface area contributed by atoms with Crippen LogP contribution in [0.25, 0.3) is 0 Å². The van der Waals surface area contributed by atoms with Crippen molar-refractivity contribution in [1.29, 1.82) is 0 Å². The molecule has 142 valence electrons. The van der Waals surface area contributed by atoms with E-state index >= 15 is 0 Å². The molecule has 1 N–H and O–H groups in total. The van der Waals surface area contributed by atoms with Crippen LogP contribution in [-0.4, -0.2) is 46.7 Å². The van der Waals surface area contributed by atoms with E-state index in [2.05, 4.69) is 22.1 Å². The Labute approximate surface area is 162 Å². The van der Waals surface area contributed by atoms with E-state index in [1.54, 1.807) is 24.3 Å². The molecule has 1 aromatic carbocycles. The Balaban J connectivity index is 1.39. The number of rotatable bonds is 5. The lowest BCUT2D eigenvalue weighted by atomic mass is 9.79. The van der Waals surface area contributed by atoms with Crippen molar-refractivity contribution in [1.82, 2.24) is 15.2 Å². The van der Waals surface area contributed by atoms with Crippen LogP contribution in [0.3, 0.4) is 0 Å². The molecule has 27 heavy (non-hydrogen) atoms. The molecule has 5 rings (SSSR count). The van der Waals surface area contributed by atoms with Gasteiger partial charge < -0.3 is 10.1 Å². The largest absolute Gasteiger partial charge is 0.431 e. The number of hydrogen-bond donors (Lipinski definition) is 1. The molecule has 6 nitrogen and oxygen atoms in total. The summed E-state index contributed by atoms with van der Waals surface area (Å²) in [6.45, 7) is 6.00. The van der Waals surface area contributed by atoms with Crippen LogP contribution in [-0.2, 0) is 0 Å². The minimum Gasteiger partial charge on any atom is -0.431 e. The van der Waals surface area contributed by atoms with Crippen LogP contribution in [0, 0.1) is 5.92 Å². The maximum atomic E-state index is 12.7. The Morgan fingerprint density at radius 2 is 1.93 bits per heavy atom. The van der Waals surface area contributed by atoms with Crippen molar-refractivity contribution in [2.75, 3.05) is 13.1 Å². The third kappa shape index (κ3) is 3.75. The highest BCUT2D eigenvalue weighted by atomic mass is 32.1. The molecule has 2 aromatic rings. The number of fused-ring (bicyclic) bond motifs is 3. The first-order chi connectivity index (χ1) is 13.0. The van der Waals surface area contributed by atoms with Gasteiger partial charge in [0.2, 0.25) is 0 Å². The van der Waals surface area contributed by atoms with Gasteiger partial charge >= 0.3 is 0 Å². The molecule has 3 aliphatic rings. The Kier molecular flexibility index (Phi) is 4.97. The van der Waals surface area contributed by atoms with Crippen molar-refractivity contribution in [2.45, 2.75) is 38.8 Å². The Hall–Kier alpha value is -2.25. The van der Waals surface area contributed by atoms with Crippen molar-refractivity contribution >= 4 is 23.0 Å². The van der Waals surface area contributed by atoms with Crippen LogP contribution in [0.1, 0.15) is 46.7 Å². The zero-order chi connectivity index (χ0) is 19.0. The number of Topliss-reactive ketones (excluding diaryl/α,β-unsaturated/α-hetero) is 1. The van der Waals surface area contributed by atoms with Crippen LogP contribution < -0.4 is 10.1 Å². The number of benzene rings is 1. The monoisotopic (exact) mass is 385 g/mol. The lowest BCUT2D eigenvalue weighted by Crippen LogP contribution is -2.62. The van der Waals surface area contributed by atoms with Crippen molar-refractivity contribution in [3.05, 3.63) is 40.9 Å². The highest BCUT2D eigenvalue weighted by Crippen LogP contribution is 2.32. The van der Waals surface area contributed by atoms with E-state index in [1.807, 2.05) is 0 Å². The molecular formula is C20H23N3O3S. The predicted octanol–water partition coefficient (Wildman–Crippen LogP) is 3.35. The molecule has 0 spiro atoms. The summed E-state index contributed by atoms with van der Waals surface area (Å²) in [6.07, 6.45) is 3.84. The molecule has 0 unspecified atom stereocenters. The number of ether oxygens (including phenoxy) is 1. The summed E-state index contributed by atoms with van der Waals surface area (Å²) in [5, 5.41) is 3.65. The predicted molar refractivity (Wildman–Crippen MR) is 104 cm³/mol. The van der Waals surface area contributed by atoms with Gasteiger partial charge in [0.05, 0.1) is 11.1 Å². The summed E-state index contributed by atoms with van der Waals surface area (Å²) in [6, 6.07) is 7.64. The number of thiazole rings is 1. The first-order valence-electron chi connectivity index (χ1n) is 9.31. The summed E-state index contributed by atoms with van der Waals surface area (Å²) in [7, 11) is 0. The number of carbonyl (C=O) groups is 2. The van der Waals surface area contributed by atoms with Gasteiger partial charge in [-0.1, -0.05) is 11.3 Å². The number of nitrogens with one attached hydrogen (secondary N) is 1. The minimum absolute atomic E-state index is 0.0312. The van der Waals surface area contributed by atoms with Crippen molar-refractivity contribution in [2.24, 2.45) is 5.92 Å². The normalized spacial score (nSPS) is 26.6. The topological polar surface area (TPSA) is 71.5 Å². The molecule has 0 saturated carbocycles. The molecular weight excluding hydrogens is 362 g/mol. The summed E-state index contributed by atoms with van der Waals surface area (Å²) in [5.41, 5.74) is 0.620. The highest BCUT2D eigenvalue weighted by molar-refractivity contribution is 7.15. The quantitative estimate of drug-likeness (QED) is 0.799. The van der Waals surface area contributed by atoms with Crippen molar-refractivity contribution in [3.8, 4) is 10.9 Å². The summed E-state index contributed by atoms with van der Waals surface area (Å²) in [4.78, 5) is 31.1. The third-order valence-corrected chi connectivity index (χ3v) is 6.60. The Bertz CT molecular complexity index is 838. The van der Waals surface area contributed by atoms with Crippen molar-refractivity contribution < 1.29 is 14.3 Å². The van der Waals surface area contributed by atoms with Gasteiger partial charge in [0.1, 0.15) is 5.75 Å². The van der Waals surface area contributed by atoms with E-state index in [-0.39, 0.29) is 17.7 Å². The van der Waals surface area contributed by atoms with Crippen LogP contribution >= 0.6 is 11.3 Å². The molecule has 3 fully saturated rings. The summed E-state index contributed by atoms with van der Waals surface area (Å²) in [5.74, 6) is 1.10. The number of aromatic nitrogens is 1. The second-order valence-electron chi connectivity index (χ2n) is 7.29. The smallest absolute Gasteiger partial charge is 0.279 e. The SMILES string of the molecule is CC(=O)c1cnc(Oc2ccc(C(=O)N[C@@H]3C4CCN(CC4)[C@@H]3C)cc2)s1. The number of carbonyl (C=O) groups excluding carboxylic acids is 2. The molecule has 2 atom stereocenters. The van der Waals surface area contributed by atoms with Crippen LogP contribution in [0.5, 0.6) is 10.9 Å². The highest BCUT2D eigenvalue weighted by Gasteiger charge is 2.40. The first-order valence-corrected chi connectivity index (χ1v) is 10.1.